The second kappa shape index (κ2) is 13.0. The summed E-state index contributed by atoms with van der Waals surface area (Å²) < 4.78 is 28.8. The number of aryl methyl sites for hydroxylation is 1. The van der Waals surface area contributed by atoms with Gasteiger partial charge in [-0.2, -0.15) is 5.12 Å². The lowest BCUT2D eigenvalue weighted by molar-refractivity contribution is 0.151. The van der Waals surface area contributed by atoms with Crippen LogP contribution in [0.4, 0.5) is 8.87 Å². The van der Waals surface area contributed by atoms with Gasteiger partial charge >= 0.3 is 0 Å². The zero-order chi connectivity index (χ0) is 29.7. The lowest BCUT2D eigenvalue weighted by atomic mass is 9.73. The molecule has 1 aliphatic carbocycles. The van der Waals surface area contributed by atoms with E-state index in [4.69, 9.17) is 0 Å². The molecule has 1 aliphatic rings. The summed E-state index contributed by atoms with van der Waals surface area (Å²) in [5, 5.41) is 3.82. The van der Waals surface area contributed by atoms with E-state index in [1.54, 1.807) is 12.1 Å². The van der Waals surface area contributed by atoms with Crippen LogP contribution < -0.4 is 5.32 Å². The van der Waals surface area contributed by atoms with Crippen molar-refractivity contribution < 1.29 is 8.87 Å². The van der Waals surface area contributed by atoms with Crippen LogP contribution in [0, 0.1) is 18.7 Å². The Hall–Kier alpha value is -3.92. The first-order valence-electron chi connectivity index (χ1n) is 13.7. The maximum Gasteiger partial charge on any atom is 0.123 e. The first-order chi connectivity index (χ1) is 18.9. The Bertz CT molecular complexity index is 1420. The highest BCUT2D eigenvalue weighted by Gasteiger charge is 2.28. The Morgan fingerprint density at radius 2 is 1.62 bits per heavy atom. The van der Waals surface area contributed by atoms with Crippen molar-refractivity contribution in [3.05, 3.63) is 143 Å². The molecule has 0 bridgehead atoms. The molecule has 4 heteroatoms. The zero-order valence-corrected chi connectivity index (χ0v) is 24.8. The standard InChI is InChI=1S/C36H42F2N2/c1-11-25(6)40(38)28(9)33-20-30(13-12-23(33)4)35-21-34(24(5)19-31(35)18-22(2)3)36(27(8)39-10)26(7)29-14-16-32(37)17-15-29/h12-17,19-21,31,35,39H,2,6,8-9,11,18H2,1,3-5,7,10H3/b36-26+. The van der Waals surface area contributed by atoms with Crippen LogP contribution >= 0.6 is 0 Å². The van der Waals surface area contributed by atoms with Gasteiger partial charge in [0.15, 0.2) is 0 Å². The van der Waals surface area contributed by atoms with Crippen LogP contribution in [0.25, 0.3) is 11.3 Å². The molecule has 0 saturated carbocycles. The van der Waals surface area contributed by atoms with Crippen LogP contribution in [0.15, 0.2) is 115 Å². The van der Waals surface area contributed by atoms with Gasteiger partial charge < -0.3 is 5.32 Å². The van der Waals surface area contributed by atoms with Crippen LogP contribution in [0.2, 0.25) is 0 Å². The van der Waals surface area contributed by atoms with Gasteiger partial charge in [0.2, 0.25) is 0 Å². The molecule has 2 unspecified atom stereocenters. The molecular weight excluding hydrogens is 498 g/mol. The van der Waals surface area contributed by atoms with Crippen molar-refractivity contribution in [1.82, 2.24) is 10.4 Å². The molecular formula is C36H42F2N2. The molecule has 0 fully saturated rings. The Labute approximate surface area is 239 Å². The van der Waals surface area contributed by atoms with Gasteiger partial charge in [-0.3, -0.25) is 0 Å². The number of halogens is 2. The molecule has 3 rings (SSSR count). The summed E-state index contributed by atoms with van der Waals surface area (Å²) >= 11 is 0. The van der Waals surface area contributed by atoms with Crippen molar-refractivity contribution >= 4 is 11.3 Å². The fourth-order valence-electron chi connectivity index (χ4n) is 5.31. The minimum Gasteiger partial charge on any atom is -0.388 e. The predicted molar refractivity (Wildman–Crippen MR) is 167 cm³/mol. The largest absolute Gasteiger partial charge is 0.388 e. The summed E-state index contributed by atoms with van der Waals surface area (Å²) in [4.78, 5) is 0. The number of likely N-dealkylation sites (N-methyl/N-ethyl adjacent to an activating group) is 1. The molecule has 0 spiro atoms. The Balaban J connectivity index is 2.22. The minimum absolute atomic E-state index is 0.00524. The van der Waals surface area contributed by atoms with Crippen molar-refractivity contribution in [2.45, 2.75) is 53.4 Å². The summed E-state index contributed by atoms with van der Waals surface area (Å²) in [6, 6.07) is 12.7. The van der Waals surface area contributed by atoms with E-state index in [1.807, 2.05) is 40.8 Å². The third-order valence-electron chi connectivity index (χ3n) is 7.69. The highest BCUT2D eigenvalue weighted by atomic mass is 19.2. The number of hydrogen-bond donors (Lipinski definition) is 1. The van der Waals surface area contributed by atoms with Crippen LogP contribution in [0.5, 0.6) is 0 Å². The summed E-state index contributed by atoms with van der Waals surface area (Å²) in [7, 11) is 1.86. The predicted octanol–water partition coefficient (Wildman–Crippen LogP) is 9.97. The van der Waals surface area contributed by atoms with Crippen LogP contribution in [0.1, 0.15) is 68.7 Å². The van der Waals surface area contributed by atoms with Crippen LogP contribution in [-0.4, -0.2) is 12.2 Å². The van der Waals surface area contributed by atoms with E-state index in [0.29, 0.717) is 17.2 Å². The van der Waals surface area contributed by atoms with Crippen molar-refractivity contribution in [2.75, 3.05) is 7.05 Å². The molecule has 2 nitrogen and oxygen atoms in total. The molecule has 2 aromatic rings. The molecule has 0 heterocycles. The Kier molecular flexibility index (Phi) is 9.92. The summed E-state index contributed by atoms with van der Waals surface area (Å²) in [5.74, 6) is -0.0922. The number of rotatable bonds is 11. The van der Waals surface area contributed by atoms with E-state index in [9.17, 15) is 4.39 Å². The van der Waals surface area contributed by atoms with Crippen molar-refractivity contribution in [2.24, 2.45) is 5.92 Å². The molecule has 2 aromatic carbocycles. The summed E-state index contributed by atoms with van der Waals surface area (Å²) in [6.45, 7) is 26.4. The summed E-state index contributed by atoms with van der Waals surface area (Å²) in [5.41, 5.74) is 10.4. The molecule has 210 valence electrons. The van der Waals surface area contributed by atoms with Crippen molar-refractivity contribution in [3.63, 3.8) is 0 Å². The van der Waals surface area contributed by atoms with Crippen molar-refractivity contribution in [1.29, 1.82) is 0 Å². The maximum atomic E-state index is 15.1. The highest BCUT2D eigenvalue weighted by Crippen LogP contribution is 2.43. The van der Waals surface area contributed by atoms with E-state index in [0.717, 1.165) is 62.2 Å². The molecule has 0 amide bonds. The Morgan fingerprint density at radius 3 is 2.20 bits per heavy atom. The Morgan fingerprint density at radius 1 is 0.975 bits per heavy atom. The van der Waals surface area contributed by atoms with Gasteiger partial charge in [0.1, 0.15) is 5.82 Å². The number of nitrogens with zero attached hydrogens (tertiary/aromatic N) is 1. The fraction of sp³-hybridized carbons (Fsp3) is 0.278. The first kappa shape index (κ1) is 30.6. The van der Waals surface area contributed by atoms with Gasteiger partial charge in [0.25, 0.3) is 0 Å². The van der Waals surface area contributed by atoms with E-state index in [-0.39, 0.29) is 23.4 Å². The van der Waals surface area contributed by atoms with Gasteiger partial charge in [-0.15, -0.1) is 6.58 Å². The van der Waals surface area contributed by atoms with E-state index < -0.39 is 0 Å². The van der Waals surface area contributed by atoms with E-state index in [2.05, 4.69) is 62.8 Å². The number of nitrogens with one attached hydrogen (secondary N) is 1. The van der Waals surface area contributed by atoms with Gasteiger partial charge in [0, 0.05) is 35.5 Å². The first-order valence-corrected chi connectivity index (χ1v) is 13.7. The van der Waals surface area contributed by atoms with Gasteiger partial charge in [-0.05, 0) is 98.1 Å². The minimum atomic E-state index is -0.271. The molecule has 0 aromatic heterocycles. The van der Waals surface area contributed by atoms with E-state index in [1.165, 1.54) is 12.1 Å². The van der Waals surface area contributed by atoms with Gasteiger partial charge in [-0.25, -0.2) is 4.39 Å². The third kappa shape index (κ3) is 6.62. The molecule has 1 N–H and O–H groups in total. The quantitative estimate of drug-likeness (QED) is 0.173. The SMILES string of the molecule is C=C(C)CC1C=C(C)C(/C(C(=C)NC)=C(\C)c2ccc(F)cc2)=CC1c1ccc(C)c(C(=C)N(F)C(=C)CC)c1. The maximum absolute atomic E-state index is 15.1. The second-order valence-corrected chi connectivity index (χ2v) is 10.7. The number of benzene rings is 2. The monoisotopic (exact) mass is 540 g/mol. The highest BCUT2D eigenvalue weighted by molar-refractivity contribution is 5.78. The topological polar surface area (TPSA) is 15.3 Å². The third-order valence-corrected chi connectivity index (χ3v) is 7.69. The average molecular weight is 541 g/mol. The van der Waals surface area contributed by atoms with E-state index >= 15 is 4.48 Å². The summed E-state index contributed by atoms with van der Waals surface area (Å²) in [6.07, 6.45) is 5.92. The van der Waals surface area contributed by atoms with Crippen LogP contribution in [-0.2, 0) is 0 Å². The normalized spacial score (nSPS) is 17.3. The lowest BCUT2D eigenvalue weighted by Crippen LogP contribution is -2.19. The zero-order valence-electron chi connectivity index (χ0n) is 24.8. The molecule has 2 atom stereocenters. The van der Waals surface area contributed by atoms with Crippen molar-refractivity contribution in [3.8, 4) is 0 Å². The molecule has 0 aliphatic heterocycles. The van der Waals surface area contributed by atoms with Crippen LogP contribution in [0.3, 0.4) is 0 Å². The van der Waals surface area contributed by atoms with Gasteiger partial charge in [0.05, 0.1) is 5.70 Å². The second-order valence-electron chi connectivity index (χ2n) is 10.7. The molecule has 0 radical (unpaired) electrons. The lowest BCUT2D eigenvalue weighted by Gasteiger charge is -2.32. The number of hydrogen-bond acceptors (Lipinski definition) is 2. The smallest absolute Gasteiger partial charge is 0.123 e. The molecule has 40 heavy (non-hydrogen) atoms. The fourth-order valence-corrected chi connectivity index (χ4v) is 5.31. The molecule has 0 saturated heterocycles. The number of allylic oxidation sites excluding steroid dienone is 7. The van der Waals surface area contributed by atoms with Gasteiger partial charge in [-0.1, -0.05) is 73.1 Å². The average Bonchev–Trinajstić information content (AvgIpc) is 2.93.